The van der Waals surface area contributed by atoms with E-state index in [1.807, 2.05) is 0 Å². The highest BCUT2D eigenvalue weighted by molar-refractivity contribution is 6.17. The van der Waals surface area contributed by atoms with Gasteiger partial charge in [-0.2, -0.15) is 0 Å². The van der Waals surface area contributed by atoms with E-state index in [1.165, 1.54) is 30.5 Å². The summed E-state index contributed by atoms with van der Waals surface area (Å²) < 4.78 is 11.0. The molecule has 23 heavy (non-hydrogen) atoms. The summed E-state index contributed by atoms with van der Waals surface area (Å²) in [6.07, 6.45) is 4.70. The van der Waals surface area contributed by atoms with Gasteiger partial charge in [-0.05, 0) is 54.4 Å². The lowest BCUT2D eigenvalue weighted by Gasteiger charge is -2.47. The van der Waals surface area contributed by atoms with Crippen molar-refractivity contribution in [3.63, 3.8) is 0 Å². The number of alkyl halides is 1. The van der Waals surface area contributed by atoms with Gasteiger partial charge in [0.2, 0.25) is 0 Å². The second-order valence-corrected chi connectivity index (χ2v) is 7.19. The Hall–Kier alpha value is -0.930. The van der Waals surface area contributed by atoms with Crippen molar-refractivity contribution in [1.82, 2.24) is 4.90 Å². The summed E-state index contributed by atoms with van der Waals surface area (Å²) in [5.41, 5.74) is 2.85. The Labute approximate surface area is 144 Å². The highest BCUT2D eigenvalue weighted by atomic mass is 35.5. The van der Waals surface area contributed by atoms with Crippen molar-refractivity contribution in [2.24, 2.45) is 11.8 Å². The first kappa shape index (κ1) is 16.9. The Kier molecular flexibility index (Phi) is 5.38. The van der Waals surface area contributed by atoms with Gasteiger partial charge in [0.05, 0.1) is 14.2 Å². The quantitative estimate of drug-likeness (QED) is 0.749. The van der Waals surface area contributed by atoms with E-state index >= 15 is 0 Å². The normalized spacial score (nSPS) is 27.2. The van der Waals surface area contributed by atoms with E-state index in [4.69, 9.17) is 21.1 Å². The van der Waals surface area contributed by atoms with Crippen molar-refractivity contribution in [2.45, 2.75) is 38.6 Å². The number of benzene rings is 1. The molecule has 0 aliphatic carbocycles. The van der Waals surface area contributed by atoms with Gasteiger partial charge in [0.15, 0.2) is 11.5 Å². The van der Waals surface area contributed by atoms with Gasteiger partial charge in [-0.3, -0.25) is 4.90 Å². The van der Waals surface area contributed by atoms with E-state index in [0.717, 1.165) is 48.6 Å². The number of piperidine rings is 1. The minimum atomic E-state index is 0.509. The first-order valence-electron chi connectivity index (χ1n) is 8.76. The molecule has 1 aromatic carbocycles. The maximum absolute atomic E-state index is 6.07. The fourth-order valence-electron chi connectivity index (χ4n) is 4.46. The maximum Gasteiger partial charge on any atom is 0.161 e. The molecule has 0 unspecified atom stereocenters. The number of hydrogen-bond acceptors (Lipinski definition) is 3. The molecule has 3 rings (SSSR count). The Morgan fingerprint density at radius 1 is 1.17 bits per heavy atom. The predicted molar refractivity (Wildman–Crippen MR) is 94.8 cm³/mol. The molecule has 2 aliphatic rings. The minimum Gasteiger partial charge on any atom is -0.493 e. The van der Waals surface area contributed by atoms with Gasteiger partial charge < -0.3 is 9.47 Å². The first-order valence-corrected chi connectivity index (χ1v) is 9.30. The van der Waals surface area contributed by atoms with E-state index in [2.05, 4.69) is 24.0 Å². The second-order valence-electron chi connectivity index (χ2n) is 6.81. The summed E-state index contributed by atoms with van der Waals surface area (Å²) in [5.74, 6) is 3.98. The topological polar surface area (TPSA) is 21.7 Å². The average Bonchev–Trinajstić information content (AvgIpc) is 2.60. The summed E-state index contributed by atoms with van der Waals surface area (Å²) in [6, 6.07) is 4.89. The van der Waals surface area contributed by atoms with Gasteiger partial charge in [0, 0.05) is 25.0 Å². The summed E-state index contributed by atoms with van der Waals surface area (Å²) in [6.45, 7) is 4.67. The van der Waals surface area contributed by atoms with Crippen LogP contribution in [-0.2, 0) is 6.42 Å². The van der Waals surface area contributed by atoms with Gasteiger partial charge in [0.1, 0.15) is 0 Å². The van der Waals surface area contributed by atoms with Crippen LogP contribution in [0.1, 0.15) is 43.4 Å². The average molecular weight is 338 g/mol. The van der Waals surface area contributed by atoms with Gasteiger partial charge in [-0.25, -0.2) is 0 Å². The van der Waals surface area contributed by atoms with E-state index in [-0.39, 0.29) is 0 Å². The molecule has 1 fully saturated rings. The van der Waals surface area contributed by atoms with Crippen LogP contribution in [-0.4, -0.2) is 38.1 Å². The Balaban J connectivity index is 1.92. The van der Waals surface area contributed by atoms with Crippen LogP contribution in [0.4, 0.5) is 0 Å². The highest BCUT2D eigenvalue weighted by Crippen LogP contribution is 2.45. The predicted octanol–water partition coefficient (Wildman–Crippen LogP) is 4.28. The van der Waals surface area contributed by atoms with Crippen molar-refractivity contribution < 1.29 is 9.47 Å². The Morgan fingerprint density at radius 2 is 1.91 bits per heavy atom. The van der Waals surface area contributed by atoms with Crippen LogP contribution in [0.2, 0.25) is 0 Å². The molecule has 3 atom stereocenters. The third kappa shape index (κ3) is 3.18. The minimum absolute atomic E-state index is 0.509. The number of fused-ring (bicyclic) bond motifs is 3. The van der Waals surface area contributed by atoms with Crippen molar-refractivity contribution in [1.29, 1.82) is 0 Å². The SMILES string of the molecule is CC[C@H]1CN2CCc3cc(OC)c(OC)cc3[C@@H]2C[C@@H]1CCCl. The van der Waals surface area contributed by atoms with Crippen molar-refractivity contribution in [3.8, 4) is 11.5 Å². The number of rotatable bonds is 5. The lowest BCUT2D eigenvalue weighted by Crippen LogP contribution is -2.45. The monoisotopic (exact) mass is 337 g/mol. The molecule has 0 radical (unpaired) electrons. The molecule has 2 heterocycles. The molecule has 0 N–H and O–H groups in total. The molecule has 0 bridgehead atoms. The first-order chi connectivity index (χ1) is 11.2. The van der Waals surface area contributed by atoms with Crippen LogP contribution in [0.3, 0.4) is 0 Å². The fourth-order valence-corrected chi connectivity index (χ4v) is 4.74. The molecule has 3 nitrogen and oxygen atoms in total. The maximum atomic E-state index is 6.07. The zero-order chi connectivity index (χ0) is 16.4. The number of methoxy groups -OCH3 is 2. The molecule has 0 aromatic heterocycles. The largest absolute Gasteiger partial charge is 0.493 e. The summed E-state index contributed by atoms with van der Waals surface area (Å²) in [7, 11) is 3.43. The second kappa shape index (κ2) is 7.31. The summed E-state index contributed by atoms with van der Waals surface area (Å²) >= 11 is 6.07. The summed E-state index contributed by atoms with van der Waals surface area (Å²) in [5, 5.41) is 0. The van der Waals surface area contributed by atoms with Gasteiger partial charge in [-0.1, -0.05) is 13.3 Å². The lowest BCUT2D eigenvalue weighted by molar-refractivity contribution is 0.0506. The van der Waals surface area contributed by atoms with Crippen molar-refractivity contribution in [2.75, 3.05) is 33.2 Å². The molecular weight excluding hydrogens is 310 g/mol. The molecular formula is C19H28ClNO2. The molecule has 0 spiro atoms. The molecule has 4 heteroatoms. The van der Waals surface area contributed by atoms with Crippen LogP contribution >= 0.6 is 11.6 Å². The van der Waals surface area contributed by atoms with Gasteiger partial charge in [-0.15, -0.1) is 11.6 Å². The van der Waals surface area contributed by atoms with E-state index in [0.29, 0.717) is 6.04 Å². The van der Waals surface area contributed by atoms with Crippen LogP contribution in [0, 0.1) is 11.8 Å². The van der Waals surface area contributed by atoms with Gasteiger partial charge >= 0.3 is 0 Å². The molecule has 1 aromatic rings. The zero-order valence-electron chi connectivity index (χ0n) is 14.5. The standard InChI is InChI=1S/C19H28ClNO2/c1-4-13-12-21-8-6-15-10-18(22-2)19(23-3)11-16(15)17(21)9-14(13)5-7-20/h10-11,13-14,17H,4-9,12H2,1-3H3/t13-,14-,17-/m0/s1. The summed E-state index contributed by atoms with van der Waals surface area (Å²) in [4.78, 5) is 2.67. The molecule has 0 saturated carbocycles. The zero-order valence-corrected chi connectivity index (χ0v) is 15.2. The van der Waals surface area contributed by atoms with Gasteiger partial charge in [0.25, 0.3) is 0 Å². The van der Waals surface area contributed by atoms with E-state index in [1.54, 1.807) is 14.2 Å². The molecule has 2 aliphatic heterocycles. The molecule has 0 amide bonds. The lowest BCUT2D eigenvalue weighted by atomic mass is 9.75. The fraction of sp³-hybridized carbons (Fsp3) is 0.684. The smallest absolute Gasteiger partial charge is 0.161 e. The third-order valence-corrected chi connectivity index (χ3v) is 6.00. The Morgan fingerprint density at radius 3 is 2.57 bits per heavy atom. The van der Waals surface area contributed by atoms with Crippen LogP contribution in [0.25, 0.3) is 0 Å². The van der Waals surface area contributed by atoms with Crippen LogP contribution in [0.5, 0.6) is 11.5 Å². The molecule has 1 saturated heterocycles. The Bertz CT molecular complexity index is 548. The highest BCUT2D eigenvalue weighted by Gasteiger charge is 2.38. The van der Waals surface area contributed by atoms with Crippen molar-refractivity contribution >= 4 is 11.6 Å². The number of halogens is 1. The molecule has 128 valence electrons. The third-order valence-electron chi connectivity index (χ3n) is 5.78. The number of ether oxygens (including phenoxy) is 2. The van der Waals surface area contributed by atoms with E-state index < -0.39 is 0 Å². The number of hydrogen-bond donors (Lipinski definition) is 0. The van der Waals surface area contributed by atoms with Crippen molar-refractivity contribution in [3.05, 3.63) is 23.3 Å². The van der Waals surface area contributed by atoms with E-state index in [9.17, 15) is 0 Å². The van der Waals surface area contributed by atoms with Crippen LogP contribution < -0.4 is 9.47 Å². The van der Waals surface area contributed by atoms with Crippen LogP contribution in [0.15, 0.2) is 12.1 Å². The number of nitrogens with zero attached hydrogens (tertiary/aromatic N) is 1.